The second kappa shape index (κ2) is 8.92. The predicted molar refractivity (Wildman–Crippen MR) is 116 cm³/mol. The number of amides is 1. The number of carbonyl (C=O) groups excluding carboxylic acids is 2. The molecule has 0 aliphatic rings. The van der Waals surface area contributed by atoms with Gasteiger partial charge in [-0.3, -0.25) is 4.79 Å². The topological polar surface area (TPSA) is 64.6 Å². The number of benzene rings is 2. The van der Waals surface area contributed by atoms with Gasteiger partial charge in [0, 0.05) is 10.4 Å². The zero-order valence-corrected chi connectivity index (χ0v) is 17.7. The smallest absolute Gasteiger partial charge is 0.341 e. The molecule has 0 aliphatic heterocycles. The first-order chi connectivity index (χ1) is 13.9. The van der Waals surface area contributed by atoms with Gasteiger partial charge in [-0.25, -0.2) is 4.79 Å². The highest BCUT2D eigenvalue weighted by Crippen LogP contribution is 2.40. The van der Waals surface area contributed by atoms with E-state index in [4.69, 9.17) is 9.47 Å². The molecular formula is C23H23NO4S. The van der Waals surface area contributed by atoms with Crippen LogP contribution < -0.4 is 10.1 Å². The molecular weight excluding hydrogens is 386 g/mol. The highest BCUT2D eigenvalue weighted by molar-refractivity contribution is 7.17. The van der Waals surface area contributed by atoms with Crippen molar-refractivity contribution in [1.82, 2.24) is 0 Å². The fourth-order valence-corrected chi connectivity index (χ4v) is 4.13. The monoisotopic (exact) mass is 409 g/mol. The summed E-state index contributed by atoms with van der Waals surface area (Å²) in [5.41, 5.74) is 4.04. The zero-order valence-electron chi connectivity index (χ0n) is 16.9. The van der Waals surface area contributed by atoms with Crippen LogP contribution in [0.25, 0.3) is 11.1 Å². The van der Waals surface area contributed by atoms with E-state index >= 15 is 0 Å². The predicted octanol–water partition coefficient (Wildman–Crippen LogP) is 5.14. The lowest BCUT2D eigenvalue weighted by molar-refractivity contribution is -0.118. The minimum Gasteiger partial charge on any atom is -0.483 e. The van der Waals surface area contributed by atoms with Crippen molar-refractivity contribution in [3.8, 4) is 16.9 Å². The summed E-state index contributed by atoms with van der Waals surface area (Å²) >= 11 is 1.35. The third-order valence-electron chi connectivity index (χ3n) is 4.49. The van der Waals surface area contributed by atoms with Crippen molar-refractivity contribution in [1.29, 1.82) is 0 Å². The largest absolute Gasteiger partial charge is 0.483 e. The normalized spacial score (nSPS) is 10.5. The molecule has 0 radical (unpaired) electrons. The van der Waals surface area contributed by atoms with Crippen molar-refractivity contribution in [3.63, 3.8) is 0 Å². The zero-order chi connectivity index (χ0) is 21.0. The van der Waals surface area contributed by atoms with Gasteiger partial charge in [0.05, 0.1) is 7.11 Å². The fourth-order valence-electron chi connectivity index (χ4n) is 3.05. The maximum atomic E-state index is 12.5. The van der Waals surface area contributed by atoms with Crippen LogP contribution in [0.5, 0.6) is 5.75 Å². The van der Waals surface area contributed by atoms with E-state index in [0.717, 1.165) is 27.1 Å². The van der Waals surface area contributed by atoms with E-state index in [2.05, 4.69) is 5.32 Å². The number of carbonyl (C=O) groups is 2. The number of anilines is 1. The lowest BCUT2D eigenvalue weighted by Crippen LogP contribution is -2.21. The molecule has 3 aromatic rings. The van der Waals surface area contributed by atoms with Crippen LogP contribution in [0.15, 0.2) is 48.5 Å². The Hall–Kier alpha value is -3.12. The first-order valence-corrected chi connectivity index (χ1v) is 9.99. The molecule has 3 rings (SSSR count). The third-order valence-corrected chi connectivity index (χ3v) is 5.51. The molecule has 0 aliphatic carbocycles. The molecule has 1 aromatic heterocycles. The van der Waals surface area contributed by atoms with E-state index in [9.17, 15) is 9.59 Å². The van der Waals surface area contributed by atoms with E-state index in [0.29, 0.717) is 16.3 Å². The second-order valence-corrected chi connectivity index (χ2v) is 7.93. The number of esters is 1. The second-order valence-electron chi connectivity index (χ2n) is 6.70. The molecule has 0 spiro atoms. The average molecular weight is 410 g/mol. The van der Waals surface area contributed by atoms with Gasteiger partial charge in [-0.05, 0) is 43.5 Å². The van der Waals surface area contributed by atoms with Crippen LogP contribution in [0.1, 0.15) is 26.4 Å². The summed E-state index contributed by atoms with van der Waals surface area (Å²) in [4.78, 5) is 25.9. The highest BCUT2D eigenvalue weighted by Gasteiger charge is 2.25. The van der Waals surface area contributed by atoms with Crippen molar-refractivity contribution < 1.29 is 19.1 Å². The molecule has 0 fully saturated rings. The van der Waals surface area contributed by atoms with Crippen LogP contribution >= 0.6 is 11.3 Å². The molecule has 6 heteroatoms. The molecule has 0 bridgehead atoms. The Morgan fingerprint density at radius 1 is 1.03 bits per heavy atom. The summed E-state index contributed by atoms with van der Waals surface area (Å²) in [6.07, 6.45) is 0. The van der Waals surface area contributed by atoms with Gasteiger partial charge in [0.1, 0.15) is 16.3 Å². The van der Waals surface area contributed by atoms with Gasteiger partial charge in [-0.2, -0.15) is 0 Å². The highest BCUT2D eigenvalue weighted by atomic mass is 32.1. The minimum atomic E-state index is -0.487. The van der Waals surface area contributed by atoms with Gasteiger partial charge >= 0.3 is 5.97 Å². The lowest BCUT2D eigenvalue weighted by atomic mass is 10.0. The number of methoxy groups -OCH3 is 1. The van der Waals surface area contributed by atoms with Gasteiger partial charge in [0.25, 0.3) is 5.91 Å². The fraction of sp³-hybridized carbons (Fsp3) is 0.217. The Kier molecular flexibility index (Phi) is 6.34. The van der Waals surface area contributed by atoms with Crippen molar-refractivity contribution in [3.05, 3.63) is 70.1 Å². The molecule has 29 heavy (non-hydrogen) atoms. The summed E-state index contributed by atoms with van der Waals surface area (Å²) < 4.78 is 10.7. The summed E-state index contributed by atoms with van der Waals surface area (Å²) in [6.45, 7) is 5.66. The first-order valence-electron chi connectivity index (χ1n) is 9.17. The number of hydrogen-bond acceptors (Lipinski definition) is 5. The van der Waals surface area contributed by atoms with Gasteiger partial charge in [-0.1, -0.05) is 42.5 Å². The van der Waals surface area contributed by atoms with Gasteiger partial charge in [0.15, 0.2) is 6.61 Å². The Bertz CT molecular complexity index is 1040. The van der Waals surface area contributed by atoms with Crippen molar-refractivity contribution in [2.45, 2.75) is 20.8 Å². The van der Waals surface area contributed by atoms with E-state index < -0.39 is 5.97 Å². The minimum absolute atomic E-state index is 0.150. The lowest BCUT2D eigenvalue weighted by Gasteiger charge is -2.11. The molecule has 5 nitrogen and oxygen atoms in total. The number of nitrogens with one attached hydrogen (secondary N) is 1. The van der Waals surface area contributed by atoms with E-state index in [1.807, 2.05) is 69.3 Å². The van der Waals surface area contributed by atoms with Crippen LogP contribution in [0.2, 0.25) is 0 Å². The average Bonchev–Trinajstić information content (AvgIpc) is 3.04. The number of aryl methyl sites for hydroxylation is 3. The molecule has 0 unspecified atom stereocenters. The molecule has 0 saturated heterocycles. The van der Waals surface area contributed by atoms with Crippen molar-refractivity contribution >= 4 is 28.2 Å². The Morgan fingerprint density at radius 3 is 2.45 bits per heavy atom. The standard InChI is InChI=1S/C23H23NO4S/c1-14-10-11-15(2)18(12-14)28-13-19(25)24-22-21(23(26)27-4)20(16(3)29-22)17-8-6-5-7-9-17/h5-12H,13H2,1-4H3,(H,24,25). The summed E-state index contributed by atoms with van der Waals surface area (Å²) in [5.74, 6) is -0.156. The Balaban J connectivity index is 1.84. The number of hydrogen-bond donors (Lipinski definition) is 1. The van der Waals surface area contributed by atoms with E-state index in [-0.39, 0.29) is 12.5 Å². The molecule has 150 valence electrons. The van der Waals surface area contributed by atoms with Crippen LogP contribution in [0.4, 0.5) is 5.00 Å². The molecule has 1 heterocycles. The number of thiophene rings is 1. The molecule has 0 saturated carbocycles. The summed E-state index contributed by atoms with van der Waals surface area (Å²) in [5, 5.41) is 3.28. The summed E-state index contributed by atoms with van der Waals surface area (Å²) in [6, 6.07) is 15.4. The number of rotatable bonds is 6. The molecule has 2 aromatic carbocycles. The van der Waals surface area contributed by atoms with E-state index in [1.54, 1.807) is 0 Å². The summed E-state index contributed by atoms with van der Waals surface area (Å²) in [7, 11) is 1.33. The third kappa shape index (κ3) is 4.66. The van der Waals surface area contributed by atoms with Gasteiger partial charge < -0.3 is 14.8 Å². The maximum absolute atomic E-state index is 12.5. The van der Waals surface area contributed by atoms with Crippen LogP contribution in [0, 0.1) is 20.8 Å². The van der Waals surface area contributed by atoms with Crippen LogP contribution in [-0.2, 0) is 9.53 Å². The first kappa shape index (κ1) is 20.6. The Morgan fingerprint density at radius 2 is 1.76 bits per heavy atom. The quantitative estimate of drug-likeness (QED) is 0.572. The molecule has 1 amide bonds. The molecule has 0 atom stereocenters. The van der Waals surface area contributed by atoms with Crippen molar-refractivity contribution in [2.24, 2.45) is 0 Å². The van der Waals surface area contributed by atoms with Gasteiger partial charge in [0.2, 0.25) is 0 Å². The molecule has 1 N–H and O–H groups in total. The SMILES string of the molecule is COC(=O)c1c(NC(=O)COc2cc(C)ccc2C)sc(C)c1-c1ccccc1. The maximum Gasteiger partial charge on any atom is 0.341 e. The Labute approximate surface area is 174 Å². The van der Waals surface area contributed by atoms with Crippen LogP contribution in [-0.4, -0.2) is 25.6 Å². The number of ether oxygens (including phenoxy) is 2. The van der Waals surface area contributed by atoms with Crippen LogP contribution in [0.3, 0.4) is 0 Å². The van der Waals surface area contributed by atoms with Crippen molar-refractivity contribution in [2.75, 3.05) is 19.0 Å². The van der Waals surface area contributed by atoms with Gasteiger partial charge in [-0.15, -0.1) is 11.3 Å². The van der Waals surface area contributed by atoms with E-state index in [1.165, 1.54) is 18.4 Å².